The van der Waals surface area contributed by atoms with Crippen molar-refractivity contribution in [2.45, 2.75) is 19.3 Å². The number of nitrogens with one attached hydrogen (secondary N) is 1. The third kappa shape index (κ3) is 5.45. The minimum atomic E-state index is -0.545. The van der Waals surface area contributed by atoms with Crippen molar-refractivity contribution in [3.8, 4) is 11.5 Å². The quantitative estimate of drug-likeness (QED) is 0.663. The van der Waals surface area contributed by atoms with Crippen molar-refractivity contribution in [2.24, 2.45) is 0 Å². The van der Waals surface area contributed by atoms with E-state index in [1.54, 1.807) is 31.4 Å². The first kappa shape index (κ1) is 20.6. The van der Waals surface area contributed by atoms with Crippen LogP contribution in [0.2, 0.25) is 0 Å². The molecular weight excluding hydrogens is 427 g/mol. The fourth-order valence-corrected chi connectivity index (χ4v) is 3.49. The van der Waals surface area contributed by atoms with Gasteiger partial charge in [0.25, 0.3) is 5.91 Å². The Hall–Kier alpha value is -2.12. The standard InChI is InChI=1S/C21H24BrFN2O3/c1-27-16-6-7-17(22)19(14-16)24-21(26)15-5-8-20(18(23)13-15)28-12-11-25-9-3-2-4-10-25/h5-8,13-14H,2-4,9-12H2,1H3,(H,24,26). The molecule has 3 rings (SSSR count). The van der Waals surface area contributed by atoms with Crippen LogP contribution < -0.4 is 14.8 Å². The highest BCUT2D eigenvalue weighted by Gasteiger charge is 2.14. The van der Waals surface area contributed by atoms with Gasteiger partial charge in [0.15, 0.2) is 11.6 Å². The molecule has 5 nitrogen and oxygen atoms in total. The Morgan fingerprint density at radius 2 is 1.96 bits per heavy atom. The molecule has 1 aliphatic rings. The summed E-state index contributed by atoms with van der Waals surface area (Å²) in [5.41, 5.74) is 0.766. The SMILES string of the molecule is COc1ccc(Br)c(NC(=O)c2ccc(OCCN3CCCCC3)c(F)c2)c1. The van der Waals surface area contributed by atoms with Gasteiger partial charge >= 0.3 is 0 Å². The first-order chi connectivity index (χ1) is 13.6. The predicted molar refractivity (Wildman–Crippen MR) is 111 cm³/mol. The number of methoxy groups -OCH3 is 1. The Labute approximate surface area is 172 Å². The number of ether oxygens (including phenoxy) is 2. The van der Waals surface area contributed by atoms with Crippen molar-refractivity contribution < 1.29 is 18.7 Å². The van der Waals surface area contributed by atoms with Gasteiger partial charge in [-0.3, -0.25) is 9.69 Å². The second-order valence-corrected chi connectivity index (χ2v) is 7.55. The molecule has 1 aliphatic heterocycles. The van der Waals surface area contributed by atoms with Gasteiger partial charge in [-0.1, -0.05) is 6.42 Å². The van der Waals surface area contributed by atoms with Crippen molar-refractivity contribution in [2.75, 3.05) is 38.7 Å². The highest BCUT2D eigenvalue weighted by Crippen LogP contribution is 2.28. The minimum Gasteiger partial charge on any atom is -0.497 e. The average Bonchev–Trinajstić information content (AvgIpc) is 2.71. The van der Waals surface area contributed by atoms with Crippen LogP contribution in [0.25, 0.3) is 0 Å². The molecule has 0 spiro atoms. The molecule has 0 unspecified atom stereocenters. The summed E-state index contributed by atoms with van der Waals surface area (Å²) in [5, 5.41) is 2.75. The lowest BCUT2D eigenvalue weighted by atomic mass is 10.1. The van der Waals surface area contributed by atoms with E-state index in [-0.39, 0.29) is 11.3 Å². The Bertz CT molecular complexity index is 825. The Balaban J connectivity index is 1.59. The number of hydrogen-bond acceptors (Lipinski definition) is 4. The van der Waals surface area contributed by atoms with Crippen LogP contribution in [0.1, 0.15) is 29.6 Å². The summed E-state index contributed by atoms with van der Waals surface area (Å²) < 4.78 is 25.8. The highest BCUT2D eigenvalue weighted by atomic mass is 79.9. The van der Waals surface area contributed by atoms with Crippen molar-refractivity contribution in [3.63, 3.8) is 0 Å². The van der Waals surface area contributed by atoms with Gasteiger partial charge in [-0.2, -0.15) is 0 Å². The van der Waals surface area contributed by atoms with E-state index in [1.807, 2.05) is 0 Å². The molecule has 150 valence electrons. The predicted octanol–water partition coefficient (Wildman–Crippen LogP) is 4.71. The fourth-order valence-electron chi connectivity index (χ4n) is 3.15. The molecular formula is C21H24BrFN2O3. The van der Waals surface area contributed by atoms with E-state index in [9.17, 15) is 9.18 Å². The summed E-state index contributed by atoms with van der Waals surface area (Å²) in [6.07, 6.45) is 3.70. The molecule has 0 aliphatic carbocycles. The number of hydrogen-bond donors (Lipinski definition) is 1. The van der Waals surface area contributed by atoms with E-state index >= 15 is 0 Å². The lowest BCUT2D eigenvalue weighted by molar-refractivity contribution is 0.102. The zero-order chi connectivity index (χ0) is 19.9. The van der Waals surface area contributed by atoms with Crippen LogP contribution in [-0.4, -0.2) is 44.2 Å². The first-order valence-corrected chi connectivity index (χ1v) is 10.2. The van der Waals surface area contributed by atoms with Crippen molar-refractivity contribution in [3.05, 3.63) is 52.3 Å². The molecule has 0 aromatic heterocycles. The number of benzene rings is 2. The molecule has 7 heteroatoms. The van der Waals surface area contributed by atoms with Gasteiger partial charge in [0.2, 0.25) is 0 Å². The normalized spacial score (nSPS) is 14.5. The van der Waals surface area contributed by atoms with Crippen LogP contribution in [0.15, 0.2) is 40.9 Å². The monoisotopic (exact) mass is 450 g/mol. The third-order valence-corrected chi connectivity index (χ3v) is 5.42. The molecule has 0 radical (unpaired) electrons. The number of piperidine rings is 1. The van der Waals surface area contributed by atoms with Crippen LogP contribution in [0, 0.1) is 5.82 Å². The van der Waals surface area contributed by atoms with Crippen molar-refractivity contribution in [1.29, 1.82) is 0 Å². The van der Waals surface area contributed by atoms with Gasteiger partial charge in [-0.15, -0.1) is 0 Å². The van der Waals surface area contributed by atoms with Gasteiger partial charge in [0.05, 0.1) is 12.8 Å². The Morgan fingerprint density at radius 1 is 1.18 bits per heavy atom. The Morgan fingerprint density at radius 3 is 2.68 bits per heavy atom. The lowest BCUT2D eigenvalue weighted by Gasteiger charge is -2.26. The van der Waals surface area contributed by atoms with E-state index in [0.717, 1.165) is 19.6 Å². The van der Waals surface area contributed by atoms with Crippen LogP contribution in [0.4, 0.5) is 10.1 Å². The summed E-state index contributed by atoms with van der Waals surface area (Å²) >= 11 is 3.38. The summed E-state index contributed by atoms with van der Waals surface area (Å²) in [7, 11) is 1.55. The number of anilines is 1. The van der Waals surface area contributed by atoms with E-state index in [0.29, 0.717) is 22.5 Å². The second kappa shape index (κ2) is 9.89. The topological polar surface area (TPSA) is 50.8 Å². The molecule has 0 atom stereocenters. The summed E-state index contributed by atoms with van der Waals surface area (Å²) in [6.45, 7) is 3.36. The number of likely N-dealkylation sites (tertiary alicyclic amines) is 1. The molecule has 1 amide bonds. The maximum absolute atomic E-state index is 14.4. The molecule has 1 saturated heterocycles. The van der Waals surface area contributed by atoms with Crippen molar-refractivity contribution >= 4 is 27.5 Å². The van der Waals surface area contributed by atoms with Crippen LogP contribution in [-0.2, 0) is 0 Å². The first-order valence-electron chi connectivity index (χ1n) is 9.36. The maximum Gasteiger partial charge on any atom is 0.255 e. The molecule has 28 heavy (non-hydrogen) atoms. The van der Waals surface area contributed by atoms with E-state index in [1.165, 1.54) is 31.4 Å². The summed E-state index contributed by atoms with van der Waals surface area (Å²) in [5.74, 6) is -0.179. The number of amides is 1. The third-order valence-electron chi connectivity index (χ3n) is 4.73. The zero-order valence-corrected chi connectivity index (χ0v) is 17.4. The largest absolute Gasteiger partial charge is 0.497 e. The van der Waals surface area contributed by atoms with Crippen LogP contribution in [0.3, 0.4) is 0 Å². The molecule has 2 aromatic carbocycles. The van der Waals surface area contributed by atoms with Gasteiger partial charge in [0, 0.05) is 22.6 Å². The average molecular weight is 451 g/mol. The maximum atomic E-state index is 14.4. The van der Waals surface area contributed by atoms with Gasteiger partial charge in [-0.25, -0.2) is 4.39 Å². The minimum absolute atomic E-state index is 0.163. The number of nitrogens with zero attached hydrogens (tertiary/aromatic N) is 1. The van der Waals surface area contributed by atoms with E-state index in [4.69, 9.17) is 9.47 Å². The van der Waals surface area contributed by atoms with Gasteiger partial charge in [-0.05, 0) is 72.2 Å². The zero-order valence-electron chi connectivity index (χ0n) is 15.8. The van der Waals surface area contributed by atoms with E-state index in [2.05, 4.69) is 26.1 Å². The number of halogens is 2. The molecule has 1 fully saturated rings. The molecule has 0 saturated carbocycles. The smallest absolute Gasteiger partial charge is 0.255 e. The fraction of sp³-hybridized carbons (Fsp3) is 0.381. The van der Waals surface area contributed by atoms with Crippen LogP contribution >= 0.6 is 15.9 Å². The summed E-state index contributed by atoms with van der Waals surface area (Å²) in [6, 6.07) is 9.49. The summed E-state index contributed by atoms with van der Waals surface area (Å²) in [4.78, 5) is 14.8. The van der Waals surface area contributed by atoms with Crippen LogP contribution in [0.5, 0.6) is 11.5 Å². The molecule has 1 N–H and O–H groups in total. The highest BCUT2D eigenvalue weighted by molar-refractivity contribution is 9.10. The number of carbonyl (C=O) groups is 1. The lowest BCUT2D eigenvalue weighted by Crippen LogP contribution is -2.33. The number of rotatable bonds is 7. The molecule has 0 bridgehead atoms. The number of carbonyl (C=O) groups excluding carboxylic acids is 1. The van der Waals surface area contributed by atoms with E-state index < -0.39 is 11.7 Å². The Kier molecular flexibility index (Phi) is 7.28. The molecule has 1 heterocycles. The second-order valence-electron chi connectivity index (χ2n) is 6.70. The van der Waals surface area contributed by atoms with Gasteiger partial charge in [0.1, 0.15) is 12.4 Å². The molecule has 2 aromatic rings. The van der Waals surface area contributed by atoms with Gasteiger partial charge < -0.3 is 14.8 Å². The van der Waals surface area contributed by atoms with Crippen molar-refractivity contribution in [1.82, 2.24) is 4.90 Å².